The Balaban J connectivity index is 2.40. The zero-order valence-electron chi connectivity index (χ0n) is 9.67. The van der Waals surface area contributed by atoms with Crippen LogP contribution in [0.25, 0.3) is 0 Å². The highest BCUT2D eigenvalue weighted by Crippen LogP contribution is 2.24. The maximum Gasteiger partial charge on any atom is 0.146 e. The van der Waals surface area contributed by atoms with Gasteiger partial charge in [0.2, 0.25) is 0 Å². The van der Waals surface area contributed by atoms with Crippen molar-refractivity contribution in [3.63, 3.8) is 0 Å². The van der Waals surface area contributed by atoms with E-state index in [1.165, 1.54) is 18.2 Å². The van der Waals surface area contributed by atoms with Gasteiger partial charge in [-0.3, -0.25) is 0 Å². The number of anilines is 2. The van der Waals surface area contributed by atoms with Gasteiger partial charge in [-0.1, -0.05) is 12.1 Å². The van der Waals surface area contributed by atoms with Crippen molar-refractivity contribution in [1.29, 1.82) is 5.26 Å². The lowest BCUT2D eigenvalue weighted by atomic mass is 10.1. The lowest BCUT2D eigenvalue weighted by Gasteiger charge is -2.10. The maximum atomic E-state index is 13.6. The molecule has 4 heteroatoms. The van der Waals surface area contributed by atoms with E-state index in [9.17, 15) is 8.78 Å². The minimum Gasteiger partial charge on any atom is -0.353 e. The summed E-state index contributed by atoms with van der Waals surface area (Å²) < 4.78 is 26.8. The number of aryl methyl sites for hydroxylation is 1. The van der Waals surface area contributed by atoms with Crippen molar-refractivity contribution in [2.75, 3.05) is 5.32 Å². The van der Waals surface area contributed by atoms with Crippen LogP contribution in [0.15, 0.2) is 36.4 Å². The Morgan fingerprint density at radius 1 is 1.17 bits per heavy atom. The summed E-state index contributed by atoms with van der Waals surface area (Å²) in [7, 11) is 0. The van der Waals surface area contributed by atoms with Gasteiger partial charge in [-0.15, -0.1) is 0 Å². The van der Waals surface area contributed by atoms with Gasteiger partial charge in [0.05, 0.1) is 17.3 Å². The normalized spacial score (nSPS) is 9.89. The number of halogens is 2. The second-order valence-corrected chi connectivity index (χ2v) is 3.90. The summed E-state index contributed by atoms with van der Waals surface area (Å²) in [6.07, 6.45) is 0. The molecule has 0 saturated heterocycles. The van der Waals surface area contributed by atoms with Crippen LogP contribution in [0.1, 0.15) is 11.1 Å². The quantitative estimate of drug-likeness (QED) is 0.869. The summed E-state index contributed by atoms with van der Waals surface area (Å²) in [5.41, 5.74) is 1.52. The smallest absolute Gasteiger partial charge is 0.146 e. The van der Waals surface area contributed by atoms with E-state index in [1.54, 1.807) is 19.1 Å². The number of hydrogen-bond donors (Lipinski definition) is 1. The highest BCUT2D eigenvalue weighted by Gasteiger charge is 2.07. The van der Waals surface area contributed by atoms with Crippen molar-refractivity contribution in [3.8, 4) is 6.07 Å². The standard InChI is InChI=1S/C14H10F2N2/c1-9-3-2-4-13(16)14(9)18-12-6-10(8-17)5-11(15)7-12/h2-7,18H,1H3. The molecule has 0 aliphatic carbocycles. The molecule has 90 valence electrons. The topological polar surface area (TPSA) is 35.8 Å². The van der Waals surface area contributed by atoms with Crippen molar-refractivity contribution >= 4 is 11.4 Å². The second-order valence-electron chi connectivity index (χ2n) is 3.90. The van der Waals surface area contributed by atoms with Crippen LogP contribution in [-0.4, -0.2) is 0 Å². The number of para-hydroxylation sites is 1. The molecule has 0 bridgehead atoms. The van der Waals surface area contributed by atoms with Gasteiger partial charge in [0.25, 0.3) is 0 Å². The van der Waals surface area contributed by atoms with E-state index < -0.39 is 11.6 Å². The first kappa shape index (κ1) is 12.1. The Labute approximate surface area is 103 Å². The molecule has 0 fully saturated rings. The fourth-order valence-corrected chi connectivity index (χ4v) is 1.66. The maximum absolute atomic E-state index is 13.6. The summed E-state index contributed by atoms with van der Waals surface area (Å²) in [4.78, 5) is 0. The Morgan fingerprint density at radius 3 is 2.61 bits per heavy atom. The third kappa shape index (κ3) is 2.46. The molecule has 0 aliphatic heterocycles. The van der Waals surface area contributed by atoms with Crippen LogP contribution in [0.3, 0.4) is 0 Å². The number of nitrogens with zero attached hydrogens (tertiary/aromatic N) is 1. The van der Waals surface area contributed by atoms with Gasteiger partial charge in [0.15, 0.2) is 0 Å². The van der Waals surface area contributed by atoms with Gasteiger partial charge in [0, 0.05) is 5.69 Å². The molecule has 0 spiro atoms. The molecule has 2 aromatic carbocycles. The van der Waals surface area contributed by atoms with Crippen LogP contribution in [-0.2, 0) is 0 Å². The van der Waals surface area contributed by atoms with Crippen LogP contribution in [0, 0.1) is 29.9 Å². The Bertz CT molecular complexity index is 610. The summed E-state index contributed by atoms with van der Waals surface area (Å²) in [5.74, 6) is -0.955. The van der Waals surface area contributed by atoms with E-state index in [0.717, 1.165) is 6.07 Å². The highest BCUT2D eigenvalue weighted by atomic mass is 19.1. The van der Waals surface area contributed by atoms with Crippen LogP contribution in [0.4, 0.5) is 20.2 Å². The lowest BCUT2D eigenvalue weighted by molar-refractivity contribution is 0.626. The van der Waals surface area contributed by atoms with E-state index in [-0.39, 0.29) is 11.3 Å². The van der Waals surface area contributed by atoms with Gasteiger partial charge >= 0.3 is 0 Å². The van der Waals surface area contributed by atoms with Gasteiger partial charge < -0.3 is 5.32 Å². The third-order valence-corrected chi connectivity index (χ3v) is 2.52. The molecule has 0 amide bonds. The van der Waals surface area contributed by atoms with E-state index in [4.69, 9.17) is 5.26 Å². The minimum absolute atomic E-state index is 0.187. The van der Waals surface area contributed by atoms with Crippen LogP contribution < -0.4 is 5.32 Å². The number of nitriles is 1. The van der Waals surface area contributed by atoms with Gasteiger partial charge in [0.1, 0.15) is 11.6 Å². The molecular formula is C14H10F2N2. The molecule has 2 aromatic rings. The summed E-state index contributed by atoms with van der Waals surface area (Å²) in [5, 5.41) is 11.5. The van der Waals surface area contributed by atoms with Crippen molar-refractivity contribution < 1.29 is 8.78 Å². The average molecular weight is 244 g/mol. The summed E-state index contributed by atoms with van der Waals surface area (Å²) in [6.45, 7) is 1.75. The van der Waals surface area contributed by atoms with Crippen molar-refractivity contribution in [1.82, 2.24) is 0 Å². The predicted octanol–water partition coefficient (Wildman–Crippen LogP) is 3.89. The van der Waals surface area contributed by atoms with Crippen molar-refractivity contribution in [2.24, 2.45) is 0 Å². The molecule has 0 aliphatic rings. The number of hydrogen-bond acceptors (Lipinski definition) is 2. The zero-order chi connectivity index (χ0) is 13.1. The largest absolute Gasteiger partial charge is 0.353 e. The minimum atomic E-state index is -0.537. The molecule has 1 N–H and O–H groups in total. The van der Waals surface area contributed by atoms with Crippen LogP contribution >= 0.6 is 0 Å². The van der Waals surface area contributed by atoms with E-state index >= 15 is 0 Å². The molecule has 18 heavy (non-hydrogen) atoms. The summed E-state index contributed by atoms with van der Waals surface area (Å²) >= 11 is 0. The fourth-order valence-electron chi connectivity index (χ4n) is 1.66. The second kappa shape index (κ2) is 4.84. The molecule has 0 atom stereocenters. The molecule has 0 aromatic heterocycles. The average Bonchev–Trinajstić information content (AvgIpc) is 2.33. The van der Waals surface area contributed by atoms with E-state index in [2.05, 4.69) is 5.32 Å². The van der Waals surface area contributed by atoms with Gasteiger partial charge in [-0.25, -0.2) is 8.78 Å². The number of benzene rings is 2. The summed E-state index contributed by atoms with van der Waals surface area (Å²) in [6, 6.07) is 10.3. The predicted molar refractivity (Wildman–Crippen MR) is 65.5 cm³/mol. The molecule has 0 saturated carbocycles. The molecule has 2 rings (SSSR count). The first-order valence-electron chi connectivity index (χ1n) is 5.33. The lowest BCUT2D eigenvalue weighted by Crippen LogP contribution is -1.97. The number of rotatable bonds is 2. The molecule has 2 nitrogen and oxygen atoms in total. The monoisotopic (exact) mass is 244 g/mol. The van der Waals surface area contributed by atoms with Gasteiger partial charge in [-0.2, -0.15) is 5.26 Å². The van der Waals surface area contributed by atoms with Gasteiger partial charge in [-0.05, 0) is 36.8 Å². The Hall–Kier alpha value is -2.41. The van der Waals surface area contributed by atoms with Crippen molar-refractivity contribution in [2.45, 2.75) is 6.92 Å². The molecular weight excluding hydrogens is 234 g/mol. The Morgan fingerprint density at radius 2 is 1.94 bits per heavy atom. The SMILES string of the molecule is Cc1cccc(F)c1Nc1cc(F)cc(C#N)c1. The molecule has 0 heterocycles. The van der Waals surface area contributed by atoms with Crippen LogP contribution in [0.5, 0.6) is 0 Å². The third-order valence-electron chi connectivity index (χ3n) is 2.52. The zero-order valence-corrected chi connectivity index (χ0v) is 9.67. The number of nitrogens with one attached hydrogen (secondary N) is 1. The highest BCUT2D eigenvalue weighted by molar-refractivity contribution is 5.64. The van der Waals surface area contributed by atoms with Crippen molar-refractivity contribution in [3.05, 3.63) is 59.2 Å². The van der Waals surface area contributed by atoms with Crippen LogP contribution in [0.2, 0.25) is 0 Å². The van der Waals surface area contributed by atoms with E-state index in [0.29, 0.717) is 11.3 Å². The Kier molecular flexibility index (Phi) is 3.24. The first-order chi connectivity index (χ1) is 8.60. The molecule has 0 radical (unpaired) electrons. The first-order valence-corrected chi connectivity index (χ1v) is 5.33. The van der Waals surface area contributed by atoms with E-state index in [1.807, 2.05) is 6.07 Å². The molecule has 0 unspecified atom stereocenters. The fraction of sp³-hybridized carbons (Fsp3) is 0.0714.